The summed E-state index contributed by atoms with van der Waals surface area (Å²) in [6, 6.07) is 0. The number of nitrogens with two attached hydrogens (primary N) is 1. The molecule has 1 rings (SSSR count). The van der Waals surface area contributed by atoms with Crippen molar-refractivity contribution in [3.63, 3.8) is 0 Å². The molecule has 0 radical (unpaired) electrons. The van der Waals surface area contributed by atoms with E-state index in [0.29, 0.717) is 0 Å². The van der Waals surface area contributed by atoms with Gasteiger partial charge in [-0.1, -0.05) is 0 Å². The molecule has 3 heteroatoms. The molecule has 0 unspecified atom stereocenters. The Bertz CT molecular complexity index is 255. The fourth-order valence-corrected chi connectivity index (χ4v) is 1.23. The highest BCUT2D eigenvalue weighted by Gasteiger charge is 2.18. The lowest BCUT2D eigenvalue weighted by atomic mass is 9.97. The second kappa shape index (κ2) is 2.34. The first kappa shape index (κ1) is 8.27. The second-order valence-corrected chi connectivity index (χ2v) is 3.52. The number of aromatic nitrogens is 2. The summed E-state index contributed by atoms with van der Waals surface area (Å²) in [5.74, 6) is 0. The number of aryl methyl sites for hydroxylation is 2. The van der Waals surface area contributed by atoms with E-state index in [0.717, 1.165) is 11.3 Å². The van der Waals surface area contributed by atoms with Gasteiger partial charge in [-0.25, -0.2) is 0 Å². The van der Waals surface area contributed by atoms with Gasteiger partial charge >= 0.3 is 0 Å². The van der Waals surface area contributed by atoms with Crippen molar-refractivity contribution >= 4 is 0 Å². The van der Waals surface area contributed by atoms with E-state index in [2.05, 4.69) is 5.10 Å². The molecule has 0 fully saturated rings. The lowest BCUT2D eigenvalue weighted by Crippen LogP contribution is -2.28. The van der Waals surface area contributed by atoms with E-state index in [1.165, 1.54) is 0 Å². The zero-order chi connectivity index (χ0) is 8.65. The van der Waals surface area contributed by atoms with E-state index in [1.807, 2.05) is 34.0 Å². The van der Waals surface area contributed by atoms with Crippen LogP contribution in [0, 0.1) is 6.92 Å². The Kier molecular flexibility index (Phi) is 1.76. The lowest BCUT2D eigenvalue weighted by molar-refractivity contribution is 0.550. The molecule has 0 bridgehead atoms. The van der Waals surface area contributed by atoms with Gasteiger partial charge in [0.05, 0.1) is 5.69 Å². The third-order valence-electron chi connectivity index (χ3n) is 1.71. The van der Waals surface area contributed by atoms with Crippen LogP contribution in [0.4, 0.5) is 0 Å². The highest BCUT2D eigenvalue weighted by molar-refractivity contribution is 5.23. The molecule has 1 heterocycles. The number of nitrogens with zero attached hydrogens (tertiary/aromatic N) is 2. The zero-order valence-corrected chi connectivity index (χ0v) is 7.55. The summed E-state index contributed by atoms with van der Waals surface area (Å²) in [6.45, 7) is 5.94. The first-order chi connectivity index (χ1) is 4.91. The van der Waals surface area contributed by atoms with Crippen molar-refractivity contribution in [2.45, 2.75) is 26.3 Å². The van der Waals surface area contributed by atoms with Crippen LogP contribution >= 0.6 is 0 Å². The van der Waals surface area contributed by atoms with E-state index < -0.39 is 0 Å². The molecule has 11 heavy (non-hydrogen) atoms. The molecule has 0 atom stereocenters. The van der Waals surface area contributed by atoms with Crippen molar-refractivity contribution in [2.75, 3.05) is 0 Å². The van der Waals surface area contributed by atoms with Gasteiger partial charge in [-0.15, -0.1) is 0 Å². The van der Waals surface area contributed by atoms with Crippen molar-refractivity contribution in [3.8, 4) is 0 Å². The molecule has 0 aromatic carbocycles. The lowest BCUT2D eigenvalue weighted by Gasteiger charge is -2.16. The van der Waals surface area contributed by atoms with Crippen molar-refractivity contribution < 1.29 is 0 Å². The van der Waals surface area contributed by atoms with Crippen molar-refractivity contribution in [1.29, 1.82) is 0 Å². The van der Waals surface area contributed by atoms with Crippen LogP contribution in [0.15, 0.2) is 6.20 Å². The minimum absolute atomic E-state index is 0.279. The van der Waals surface area contributed by atoms with Crippen LogP contribution in [0.1, 0.15) is 25.1 Å². The van der Waals surface area contributed by atoms with Gasteiger partial charge in [-0.3, -0.25) is 4.68 Å². The molecular weight excluding hydrogens is 138 g/mol. The monoisotopic (exact) mass is 153 g/mol. The van der Waals surface area contributed by atoms with E-state index in [9.17, 15) is 0 Å². The molecule has 0 saturated carbocycles. The SMILES string of the molecule is Cc1nn(C)cc1C(C)(C)N. The highest BCUT2D eigenvalue weighted by atomic mass is 15.3. The predicted octanol–water partition coefficient (Wildman–Crippen LogP) is 0.922. The molecule has 0 aliphatic rings. The molecule has 0 saturated heterocycles. The Morgan fingerprint density at radius 1 is 1.55 bits per heavy atom. The van der Waals surface area contributed by atoms with Gasteiger partial charge < -0.3 is 5.73 Å². The van der Waals surface area contributed by atoms with Crippen molar-refractivity contribution in [2.24, 2.45) is 12.8 Å². The average molecular weight is 153 g/mol. The van der Waals surface area contributed by atoms with Gasteiger partial charge in [0.2, 0.25) is 0 Å². The van der Waals surface area contributed by atoms with Crippen LogP contribution in [-0.2, 0) is 12.6 Å². The van der Waals surface area contributed by atoms with Crippen LogP contribution < -0.4 is 5.73 Å². The number of hydrogen-bond acceptors (Lipinski definition) is 2. The van der Waals surface area contributed by atoms with E-state index in [1.54, 1.807) is 4.68 Å². The molecule has 0 amide bonds. The third kappa shape index (κ3) is 1.60. The molecule has 62 valence electrons. The number of rotatable bonds is 1. The van der Waals surface area contributed by atoms with Crippen LogP contribution in [0.5, 0.6) is 0 Å². The summed E-state index contributed by atoms with van der Waals surface area (Å²) >= 11 is 0. The quantitative estimate of drug-likeness (QED) is 0.652. The Labute approximate surface area is 67.2 Å². The Morgan fingerprint density at radius 3 is 2.27 bits per heavy atom. The molecule has 2 N–H and O–H groups in total. The highest BCUT2D eigenvalue weighted by Crippen LogP contribution is 2.18. The number of hydrogen-bond donors (Lipinski definition) is 1. The molecule has 3 nitrogen and oxygen atoms in total. The normalized spacial score (nSPS) is 12.1. The van der Waals surface area contributed by atoms with E-state index in [-0.39, 0.29) is 5.54 Å². The summed E-state index contributed by atoms with van der Waals surface area (Å²) in [5, 5.41) is 4.21. The zero-order valence-electron chi connectivity index (χ0n) is 7.55. The predicted molar refractivity (Wildman–Crippen MR) is 45.2 cm³/mol. The smallest absolute Gasteiger partial charge is 0.0643 e. The molecule has 0 aliphatic heterocycles. The van der Waals surface area contributed by atoms with Gasteiger partial charge in [0.25, 0.3) is 0 Å². The summed E-state index contributed by atoms with van der Waals surface area (Å²) < 4.78 is 1.79. The average Bonchev–Trinajstić information content (AvgIpc) is 2.08. The minimum atomic E-state index is -0.279. The maximum Gasteiger partial charge on any atom is 0.0643 e. The second-order valence-electron chi connectivity index (χ2n) is 3.52. The van der Waals surface area contributed by atoms with E-state index in [4.69, 9.17) is 5.73 Å². The van der Waals surface area contributed by atoms with Gasteiger partial charge in [-0.2, -0.15) is 5.10 Å². The molecule has 0 aliphatic carbocycles. The fraction of sp³-hybridized carbons (Fsp3) is 0.625. The Hall–Kier alpha value is -0.830. The minimum Gasteiger partial charge on any atom is -0.322 e. The van der Waals surface area contributed by atoms with Crippen LogP contribution in [0.3, 0.4) is 0 Å². The molecule has 1 aromatic heterocycles. The van der Waals surface area contributed by atoms with E-state index >= 15 is 0 Å². The largest absolute Gasteiger partial charge is 0.322 e. The molecular formula is C8H15N3. The maximum absolute atomic E-state index is 5.92. The standard InChI is InChI=1S/C8H15N3/c1-6-7(8(2,3)9)5-11(4)10-6/h5H,9H2,1-4H3. The summed E-state index contributed by atoms with van der Waals surface area (Å²) in [6.07, 6.45) is 1.97. The Morgan fingerprint density at radius 2 is 2.09 bits per heavy atom. The van der Waals surface area contributed by atoms with Crippen molar-refractivity contribution in [3.05, 3.63) is 17.5 Å². The Balaban J connectivity index is 3.13. The van der Waals surface area contributed by atoms with Gasteiger partial charge in [-0.05, 0) is 20.8 Å². The van der Waals surface area contributed by atoms with Crippen LogP contribution in [-0.4, -0.2) is 9.78 Å². The van der Waals surface area contributed by atoms with Crippen LogP contribution in [0.25, 0.3) is 0 Å². The summed E-state index contributed by atoms with van der Waals surface area (Å²) in [4.78, 5) is 0. The maximum atomic E-state index is 5.92. The first-order valence-corrected chi connectivity index (χ1v) is 3.71. The topological polar surface area (TPSA) is 43.8 Å². The molecule has 0 spiro atoms. The first-order valence-electron chi connectivity index (χ1n) is 3.71. The summed E-state index contributed by atoms with van der Waals surface area (Å²) in [7, 11) is 1.90. The van der Waals surface area contributed by atoms with Crippen LogP contribution in [0.2, 0.25) is 0 Å². The molecule has 1 aromatic rings. The third-order valence-corrected chi connectivity index (χ3v) is 1.71. The van der Waals surface area contributed by atoms with Gasteiger partial charge in [0.15, 0.2) is 0 Å². The van der Waals surface area contributed by atoms with Gasteiger partial charge in [0.1, 0.15) is 0 Å². The fourth-order valence-electron chi connectivity index (χ4n) is 1.23. The van der Waals surface area contributed by atoms with Crippen molar-refractivity contribution in [1.82, 2.24) is 9.78 Å². The van der Waals surface area contributed by atoms with Gasteiger partial charge in [0, 0.05) is 24.3 Å². The summed E-state index contributed by atoms with van der Waals surface area (Å²) in [5.41, 5.74) is 7.76.